The van der Waals surface area contributed by atoms with E-state index in [9.17, 15) is 0 Å². The first-order valence-electron chi connectivity index (χ1n) is 4.19. The summed E-state index contributed by atoms with van der Waals surface area (Å²) in [7, 11) is 0. The highest BCUT2D eigenvalue weighted by atomic mass is 16.5. The number of piperidine rings is 1. The van der Waals surface area contributed by atoms with E-state index in [1.807, 2.05) is 12.2 Å². The van der Waals surface area contributed by atoms with Gasteiger partial charge in [0, 0.05) is 6.42 Å². The van der Waals surface area contributed by atoms with Gasteiger partial charge in [0.05, 0.1) is 6.26 Å². The molecule has 2 nitrogen and oxygen atoms in total. The topological polar surface area (TPSA) is 21.3 Å². The molecule has 2 aliphatic heterocycles. The summed E-state index contributed by atoms with van der Waals surface area (Å²) in [5.74, 6) is 0. The van der Waals surface area contributed by atoms with Gasteiger partial charge in [0.25, 0.3) is 0 Å². The van der Waals surface area contributed by atoms with Gasteiger partial charge in [-0.2, -0.15) is 0 Å². The maximum atomic E-state index is 5.53. The van der Waals surface area contributed by atoms with Crippen molar-refractivity contribution in [3.8, 4) is 0 Å². The number of nitrogens with one attached hydrogen (secondary N) is 1. The fraction of sp³-hybridized carbons (Fsp3) is 0.556. The molecule has 0 saturated carbocycles. The quantitative estimate of drug-likeness (QED) is 0.567. The predicted octanol–water partition coefficient (Wildman–Crippen LogP) is 1.56. The van der Waals surface area contributed by atoms with E-state index < -0.39 is 0 Å². The largest absolute Gasteiger partial charge is 0.477 e. The zero-order valence-electron chi connectivity index (χ0n) is 6.55. The fourth-order valence-electron chi connectivity index (χ4n) is 1.60. The molecule has 2 heteroatoms. The first kappa shape index (κ1) is 6.92. The summed E-state index contributed by atoms with van der Waals surface area (Å²) in [6, 6.07) is 0. The van der Waals surface area contributed by atoms with E-state index in [0.717, 1.165) is 13.0 Å². The second kappa shape index (κ2) is 2.70. The van der Waals surface area contributed by atoms with Gasteiger partial charge < -0.3 is 4.74 Å². The summed E-state index contributed by atoms with van der Waals surface area (Å²) in [4.78, 5) is 0. The van der Waals surface area contributed by atoms with Gasteiger partial charge in [-0.15, -0.1) is 0 Å². The second-order valence-electron chi connectivity index (χ2n) is 3.08. The van der Waals surface area contributed by atoms with Crippen molar-refractivity contribution in [3.63, 3.8) is 0 Å². The summed E-state index contributed by atoms with van der Waals surface area (Å²) in [5, 5.41) is 3.37. The zero-order valence-corrected chi connectivity index (χ0v) is 6.55. The molecule has 11 heavy (non-hydrogen) atoms. The van der Waals surface area contributed by atoms with E-state index in [-0.39, 0.29) is 5.72 Å². The molecule has 1 unspecified atom stereocenters. The van der Waals surface area contributed by atoms with Crippen molar-refractivity contribution < 1.29 is 4.74 Å². The molecule has 0 aromatic heterocycles. The van der Waals surface area contributed by atoms with E-state index in [1.54, 1.807) is 6.26 Å². The molecule has 1 saturated heterocycles. The highest BCUT2D eigenvalue weighted by Crippen LogP contribution is 2.24. The molecule has 1 fully saturated rings. The molecule has 2 rings (SSSR count). The van der Waals surface area contributed by atoms with E-state index in [0.29, 0.717) is 0 Å². The average Bonchev–Trinajstić information content (AvgIpc) is 2.07. The third-order valence-electron chi connectivity index (χ3n) is 2.23. The molecule has 2 aliphatic rings. The zero-order chi connectivity index (χ0) is 7.57. The highest BCUT2D eigenvalue weighted by Gasteiger charge is 2.30. The minimum Gasteiger partial charge on any atom is -0.477 e. The minimum absolute atomic E-state index is 0.160. The SMILES string of the molecule is C1=COC2(C=C1)CCCCN2. The van der Waals surface area contributed by atoms with Crippen LogP contribution in [0.2, 0.25) is 0 Å². The van der Waals surface area contributed by atoms with Crippen LogP contribution in [0, 0.1) is 0 Å². The van der Waals surface area contributed by atoms with Crippen LogP contribution in [-0.4, -0.2) is 12.3 Å². The Kier molecular flexibility index (Phi) is 1.70. The van der Waals surface area contributed by atoms with Crippen LogP contribution in [0.5, 0.6) is 0 Å². The lowest BCUT2D eigenvalue weighted by molar-refractivity contribution is 0.00888. The Morgan fingerprint density at radius 1 is 1.27 bits per heavy atom. The monoisotopic (exact) mass is 151 g/mol. The standard InChI is InChI=1S/C9H13NO/c1-3-7-10-9(5-1)6-2-4-8-11-9/h2,4,6,8,10H,1,3,5,7H2. The highest BCUT2D eigenvalue weighted by molar-refractivity contribution is 5.14. The van der Waals surface area contributed by atoms with Crippen molar-refractivity contribution in [2.45, 2.75) is 25.0 Å². The Bertz CT molecular complexity index is 190. The number of allylic oxidation sites excluding steroid dienone is 2. The molecule has 60 valence electrons. The van der Waals surface area contributed by atoms with Crippen LogP contribution in [-0.2, 0) is 4.74 Å². The van der Waals surface area contributed by atoms with Gasteiger partial charge in [0.15, 0.2) is 5.72 Å². The summed E-state index contributed by atoms with van der Waals surface area (Å²) in [5.41, 5.74) is -0.160. The van der Waals surface area contributed by atoms with Crippen molar-refractivity contribution in [2.75, 3.05) is 6.54 Å². The van der Waals surface area contributed by atoms with Crippen LogP contribution in [0.4, 0.5) is 0 Å². The van der Waals surface area contributed by atoms with Crippen molar-refractivity contribution in [1.29, 1.82) is 0 Å². The lowest BCUT2D eigenvalue weighted by Crippen LogP contribution is -2.48. The first-order chi connectivity index (χ1) is 5.41. The number of hydrogen-bond acceptors (Lipinski definition) is 2. The minimum atomic E-state index is -0.160. The lowest BCUT2D eigenvalue weighted by Gasteiger charge is -2.35. The molecule has 0 aromatic rings. The van der Waals surface area contributed by atoms with Gasteiger partial charge in [-0.05, 0) is 31.5 Å². The van der Waals surface area contributed by atoms with Gasteiger partial charge >= 0.3 is 0 Å². The van der Waals surface area contributed by atoms with Crippen LogP contribution in [0.3, 0.4) is 0 Å². The molecular weight excluding hydrogens is 138 g/mol. The van der Waals surface area contributed by atoms with Crippen molar-refractivity contribution in [1.82, 2.24) is 5.32 Å². The predicted molar refractivity (Wildman–Crippen MR) is 43.9 cm³/mol. The average molecular weight is 151 g/mol. The van der Waals surface area contributed by atoms with Crippen molar-refractivity contribution >= 4 is 0 Å². The van der Waals surface area contributed by atoms with Crippen molar-refractivity contribution in [3.05, 3.63) is 24.5 Å². The van der Waals surface area contributed by atoms with Crippen LogP contribution in [0.1, 0.15) is 19.3 Å². The summed E-state index contributed by atoms with van der Waals surface area (Å²) < 4.78 is 5.53. The van der Waals surface area contributed by atoms with Gasteiger partial charge in [-0.1, -0.05) is 6.08 Å². The Hall–Kier alpha value is -0.760. The van der Waals surface area contributed by atoms with Gasteiger partial charge in [0.2, 0.25) is 0 Å². The Balaban J connectivity index is 2.08. The van der Waals surface area contributed by atoms with Crippen LogP contribution < -0.4 is 5.32 Å². The molecule has 0 radical (unpaired) electrons. The summed E-state index contributed by atoms with van der Waals surface area (Å²) >= 11 is 0. The molecule has 2 heterocycles. The van der Waals surface area contributed by atoms with E-state index >= 15 is 0 Å². The Labute approximate surface area is 66.9 Å². The van der Waals surface area contributed by atoms with Crippen LogP contribution in [0.15, 0.2) is 24.5 Å². The smallest absolute Gasteiger partial charge is 0.179 e. The van der Waals surface area contributed by atoms with Crippen LogP contribution >= 0.6 is 0 Å². The van der Waals surface area contributed by atoms with Crippen LogP contribution in [0.25, 0.3) is 0 Å². The van der Waals surface area contributed by atoms with Gasteiger partial charge in [0.1, 0.15) is 0 Å². The molecule has 1 atom stereocenters. The fourth-order valence-corrected chi connectivity index (χ4v) is 1.60. The maximum Gasteiger partial charge on any atom is 0.179 e. The molecule has 0 bridgehead atoms. The molecule has 1 spiro atoms. The van der Waals surface area contributed by atoms with Crippen molar-refractivity contribution in [2.24, 2.45) is 0 Å². The normalized spacial score (nSPS) is 35.6. The summed E-state index contributed by atoms with van der Waals surface area (Å²) in [6.07, 6.45) is 11.4. The number of hydrogen-bond donors (Lipinski definition) is 1. The van der Waals surface area contributed by atoms with E-state index in [1.165, 1.54) is 12.8 Å². The Morgan fingerprint density at radius 2 is 2.27 bits per heavy atom. The maximum absolute atomic E-state index is 5.53. The molecule has 0 aliphatic carbocycles. The third-order valence-corrected chi connectivity index (χ3v) is 2.23. The molecule has 1 N–H and O–H groups in total. The number of rotatable bonds is 0. The van der Waals surface area contributed by atoms with Gasteiger partial charge in [-0.25, -0.2) is 0 Å². The molecule has 0 aromatic carbocycles. The summed E-state index contributed by atoms with van der Waals surface area (Å²) in [6.45, 7) is 1.07. The second-order valence-corrected chi connectivity index (χ2v) is 3.08. The first-order valence-corrected chi connectivity index (χ1v) is 4.19. The molecular formula is C9H13NO. The van der Waals surface area contributed by atoms with E-state index in [4.69, 9.17) is 4.74 Å². The molecule has 0 amide bonds. The number of ether oxygens (including phenoxy) is 1. The Morgan fingerprint density at radius 3 is 2.91 bits per heavy atom. The third kappa shape index (κ3) is 1.31. The van der Waals surface area contributed by atoms with Gasteiger partial charge in [-0.3, -0.25) is 5.32 Å². The lowest BCUT2D eigenvalue weighted by atomic mass is 9.99. The van der Waals surface area contributed by atoms with E-state index in [2.05, 4.69) is 11.4 Å².